The molecule has 1 heterocycles. The first-order valence-corrected chi connectivity index (χ1v) is 9.16. The normalized spacial score (nSPS) is 11.8. The molecule has 0 radical (unpaired) electrons. The highest BCUT2D eigenvalue weighted by Gasteiger charge is 2.14. The van der Waals surface area contributed by atoms with E-state index in [0.717, 1.165) is 18.5 Å². The average Bonchev–Trinajstić information content (AvgIpc) is 2.79. The van der Waals surface area contributed by atoms with Gasteiger partial charge in [-0.05, 0) is 23.7 Å². The summed E-state index contributed by atoms with van der Waals surface area (Å²) in [6.45, 7) is 4.20. The van der Waals surface area contributed by atoms with Gasteiger partial charge in [0.1, 0.15) is 10.7 Å². The third-order valence-corrected chi connectivity index (χ3v) is 4.04. The molecule has 1 aromatic rings. The Morgan fingerprint density at radius 1 is 1.24 bits per heavy atom. The third kappa shape index (κ3) is 7.42. The Hall–Kier alpha value is -0.410. The predicted molar refractivity (Wildman–Crippen MR) is 98.1 cm³/mol. The number of unbranched alkanes of at least 4 members (excludes halogenated alkanes) is 6. The zero-order valence-electron chi connectivity index (χ0n) is 12.8. The molecule has 1 N–H and O–H groups in total. The Morgan fingerprint density at radius 2 is 1.90 bits per heavy atom. The molecule has 5 heteroatoms. The molecule has 1 aromatic heterocycles. The Morgan fingerprint density at radius 3 is 2.57 bits per heavy atom. The molecule has 21 heavy (non-hydrogen) atoms. The molecule has 0 amide bonds. The van der Waals surface area contributed by atoms with E-state index in [0.29, 0.717) is 10.9 Å². The molecule has 0 aliphatic carbocycles. The summed E-state index contributed by atoms with van der Waals surface area (Å²) in [5.41, 5.74) is 0.849. The maximum Gasteiger partial charge on any atom is 0.244 e. The minimum Gasteiger partial charge on any atom is -0.339 e. The Balaban J connectivity index is 2.29. The molecule has 0 aliphatic rings. The van der Waals surface area contributed by atoms with Crippen molar-refractivity contribution in [2.75, 3.05) is 5.32 Å². The zero-order chi connectivity index (χ0) is 15.5. The molecule has 0 spiro atoms. The summed E-state index contributed by atoms with van der Waals surface area (Å²) >= 11 is 8.29. The number of anilines is 1. The first-order valence-electron chi connectivity index (χ1n) is 7.70. The van der Waals surface area contributed by atoms with Crippen molar-refractivity contribution in [2.24, 2.45) is 0 Å². The van der Waals surface area contributed by atoms with Crippen molar-refractivity contribution in [1.29, 1.82) is 0 Å². The van der Waals surface area contributed by atoms with Gasteiger partial charge in [0.25, 0.3) is 0 Å². The van der Waals surface area contributed by atoms with Gasteiger partial charge in [-0.25, -0.2) is 0 Å². The average molecular weight is 423 g/mol. The molecule has 0 bridgehead atoms. The van der Waals surface area contributed by atoms with Crippen molar-refractivity contribution >= 4 is 40.1 Å². The lowest BCUT2D eigenvalue weighted by molar-refractivity contribution is 0.420. The monoisotopic (exact) mass is 422 g/mol. The van der Waals surface area contributed by atoms with Crippen LogP contribution in [0.4, 0.5) is 5.88 Å². The van der Waals surface area contributed by atoms with Gasteiger partial charge in [-0.2, -0.15) is 0 Å². The highest BCUT2D eigenvalue weighted by molar-refractivity contribution is 14.1. The standard InChI is InChI=1S/C16H24ClIN2O/c1-3-4-5-6-7-8-9-10-14-15(17)16(21-20-14)19-13(2)11-12-18/h13,19H,3-10H2,1-2H3. The summed E-state index contributed by atoms with van der Waals surface area (Å²) in [7, 11) is 0. The molecule has 1 atom stereocenters. The fourth-order valence-electron chi connectivity index (χ4n) is 2.12. The predicted octanol–water partition coefficient (Wildman–Crippen LogP) is 5.82. The van der Waals surface area contributed by atoms with Gasteiger partial charge in [0.05, 0.1) is 6.04 Å². The van der Waals surface area contributed by atoms with Gasteiger partial charge in [0.15, 0.2) is 0 Å². The third-order valence-electron chi connectivity index (χ3n) is 3.34. The summed E-state index contributed by atoms with van der Waals surface area (Å²) in [6.07, 6.45) is 9.85. The highest BCUT2D eigenvalue weighted by Crippen LogP contribution is 2.27. The van der Waals surface area contributed by atoms with Crippen LogP contribution in [-0.4, -0.2) is 11.2 Å². The van der Waals surface area contributed by atoms with E-state index in [-0.39, 0.29) is 6.04 Å². The lowest BCUT2D eigenvalue weighted by Gasteiger charge is -2.04. The maximum atomic E-state index is 6.28. The molecule has 1 unspecified atom stereocenters. The van der Waals surface area contributed by atoms with Crippen LogP contribution in [-0.2, 0) is 6.42 Å². The minimum atomic E-state index is -0.00114. The van der Waals surface area contributed by atoms with Crippen LogP contribution < -0.4 is 5.32 Å². The second kappa shape index (κ2) is 11.2. The van der Waals surface area contributed by atoms with E-state index >= 15 is 0 Å². The van der Waals surface area contributed by atoms with Crippen molar-refractivity contribution in [3.8, 4) is 9.85 Å². The van der Waals surface area contributed by atoms with Gasteiger partial charge >= 0.3 is 0 Å². The van der Waals surface area contributed by atoms with Crippen molar-refractivity contribution in [1.82, 2.24) is 5.16 Å². The van der Waals surface area contributed by atoms with Gasteiger partial charge in [0.2, 0.25) is 5.88 Å². The fourth-order valence-corrected chi connectivity index (χ4v) is 2.81. The van der Waals surface area contributed by atoms with Gasteiger partial charge in [-0.1, -0.05) is 68.1 Å². The number of aryl methyl sites for hydroxylation is 1. The zero-order valence-corrected chi connectivity index (χ0v) is 15.8. The molecule has 1 rings (SSSR count). The number of rotatable bonds is 10. The van der Waals surface area contributed by atoms with Crippen LogP contribution in [0.2, 0.25) is 5.02 Å². The van der Waals surface area contributed by atoms with Crippen LogP contribution >= 0.6 is 34.2 Å². The number of nitrogens with zero attached hydrogens (tertiary/aromatic N) is 1. The maximum absolute atomic E-state index is 6.28. The molecule has 0 aromatic carbocycles. The molecule has 0 saturated carbocycles. The van der Waals surface area contributed by atoms with Crippen LogP contribution in [0.3, 0.4) is 0 Å². The SMILES string of the molecule is CCCCCCCCCc1noc(NC(C)C#CI)c1Cl. The Bertz CT molecular complexity index is 465. The van der Waals surface area contributed by atoms with Gasteiger partial charge in [-0.3, -0.25) is 0 Å². The first-order chi connectivity index (χ1) is 10.2. The van der Waals surface area contributed by atoms with Crippen LogP contribution in [0.25, 0.3) is 0 Å². The summed E-state index contributed by atoms with van der Waals surface area (Å²) in [5.74, 6) is 3.52. The van der Waals surface area contributed by atoms with Crippen molar-refractivity contribution in [3.05, 3.63) is 10.7 Å². The summed E-state index contributed by atoms with van der Waals surface area (Å²) in [5, 5.41) is 7.77. The molecular formula is C16H24ClIN2O. The van der Waals surface area contributed by atoms with Crippen LogP contribution in [0.5, 0.6) is 0 Å². The summed E-state index contributed by atoms with van der Waals surface area (Å²) in [4.78, 5) is 0. The van der Waals surface area contributed by atoms with E-state index < -0.39 is 0 Å². The quantitative estimate of drug-likeness (QED) is 0.293. The van der Waals surface area contributed by atoms with Crippen molar-refractivity contribution in [3.63, 3.8) is 0 Å². The number of hydrogen-bond donors (Lipinski definition) is 1. The van der Waals surface area contributed by atoms with E-state index in [9.17, 15) is 0 Å². The highest BCUT2D eigenvalue weighted by atomic mass is 127. The number of hydrogen-bond acceptors (Lipinski definition) is 3. The molecule has 0 fully saturated rings. The van der Waals surface area contributed by atoms with Gasteiger partial charge < -0.3 is 9.84 Å². The minimum absolute atomic E-state index is 0.00114. The van der Waals surface area contributed by atoms with Crippen LogP contribution in [0.15, 0.2) is 4.52 Å². The largest absolute Gasteiger partial charge is 0.339 e. The van der Waals surface area contributed by atoms with E-state index in [1.54, 1.807) is 0 Å². The lowest BCUT2D eigenvalue weighted by Crippen LogP contribution is -2.11. The molecule has 118 valence electrons. The van der Waals surface area contributed by atoms with E-state index in [4.69, 9.17) is 16.1 Å². The van der Waals surface area contributed by atoms with Crippen molar-refractivity contribution < 1.29 is 4.52 Å². The lowest BCUT2D eigenvalue weighted by atomic mass is 10.1. The topological polar surface area (TPSA) is 38.1 Å². The smallest absolute Gasteiger partial charge is 0.244 e. The van der Waals surface area contributed by atoms with E-state index in [1.807, 2.05) is 29.5 Å². The van der Waals surface area contributed by atoms with Gasteiger partial charge in [0, 0.05) is 22.6 Å². The van der Waals surface area contributed by atoms with E-state index in [2.05, 4.69) is 27.2 Å². The van der Waals surface area contributed by atoms with Crippen LogP contribution in [0, 0.1) is 9.85 Å². The summed E-state index contributed by atoms with van der Waals surface area (Å²) < 4.78 is 8.09. The number of aromatic nitrogens is 1. The Kier molecular flexibility index (Phi) is 9.94. The Labute approximate surface area is 146 Å². The number of halogens is 2. The van der Waals surface area contributed by atoms with Crippen LogP contribution in [0.1, 0.15) is 64.5 Å². The fraction of sp³-hybridized carbons (Fsp3) is 0.688. The molecular weight excluding hydrogens is 399 g/mol. The number of nitrogens with one attached hydrogen (secondary N) is 1. The molecule has 0 aliphatic heterocycles. The van der Waals surface area contributed by atoms with Gasteiger partial charge in [-0.15, -0.1) is 0 Å². The molecule has 3 nitrogen and oxygen atoms in total. The molecule has 0 saturated heterocycles. The second-order valence-electron chi connectivity index (χ2n) is 5.25. The second-order valence-corrected chi connectivity index (χ2v) is 6.17. The first kappa shape index (κ1) is 18.6. The van der Waals surface area contributed by atoms with E-state index in [1.165, 1.54) is 38.5 Å². The summed E-state index contributed by atoms with van der Waals surface area (Å²) in [6, 6.07) is -0.00114. The van der Waals surface area contributed by atoms with Crippen molar-refractivity contribution in [2.45, 2.75) is 71.3 Å².